The summed E-state index contributed by atoms with van der Waals surface area (Å²) < 4.78 is 10.7. The van der Waals surface area contributed by atoms with E-state index < -0.39 is 5.41 Å². The van der Waals surface area contributed by atoms with Crippen LogP contribution < -0.4 is 0 Å². The van der Waals surface area contributed by atoms with Crippen LogP contribution in [0.25, 0.3) is 0 Å². The fourth-order valence-electron chi connectivity index (χ4n) is 4.55. The summed E-state index contributed by atoms with van der Waals surface area (Å²) in [4.78, 5) is 24.2. The molecule has 0 aromatic heterocycles. The number of carbonyl (C=O) groups is 2. The quantitative estimate of drug-likeness (QED) is 0.0555. The SMILES string of the molecule is [CH2]C([CH2])(COC(=O)CCSCCCCCCCCCCCC)COC(=O)CCSCCCCCCCCCCCC. The lowest BCUT2D eigenvalue weighted by Crippen LogP contribution is -2.29. The van der Waals surface area contributed by atoms with Crippen LogP contribution >= 0.6 is 23.5 Å². The Hall–Kier alpha value is -0.360. The van der Waals surface area contributed by atoms with Gasteiger partial charge in [0.15, 0.2) is 0 Å². The third-order valence-corrected chi connectivity index (χ3v) is 9.40. The molecule has 0 bridgehead atoms. The first-order valence-corrected chi connectivity index (χ1v) is 19.4. The Morgan fingerprint density at radius 1 is 0.488 bits per heavy atom. The molecule has 0 rings (SSSR count). The Labute approximate surface area is 264 Å². The van der Waals surface area contributed by atoms with Gasteiger partial charge in [-0.15, -0.1) is 0 Å². The number of carbonyl (C=O) groups excluding carboxylic acids is 2. The van der Waals surface area contributed by atoms with Crippen LogP contribution in [-0.4, -0.2) is 48.2 Å². The van der Waals surface area contributed by atoms with Gasteiger partial charge in [0.2, 0.25) is 0 Å². The van der Waals surface area contributed by atoms with Crippen molar-refractivity contribution in [3.63, 3.8) is 0 Å². The van der Waals surface area contributed by atoms with Gasteiger partial charge in [0, 0.05) is 16.9 Å². The fourth-order valence-corrected chi connectivity index (χ4v) is 6.40. The maximum absolute atomic E-state index is 12.1. The average Bonchev–Trinajstić information content (AvgIpc) is 2.96. The van der Waals surface area contributed by atoms with Crippen LogP contribution in [0.1, 0.15) is 155 Å². The van der Waals surface area contributed by atoms with Gasteiger partial charge < -0.3 is 9.47 Å². The topological polar surface area (TPSA) is 52.6 Å². The molecule has 0 saturated carbocycles. The van der Waals surface area contributed by atoms with E-state index in [9.17, 15) is 9.59 Å². The molecule has 0 saturated heterocycles. The van der Waals surface area contributed by atoms with Crippen molar-refractivity contribution in [2.24, 2.45) is 5.41 Å². The predicted molar refractivity (Wildman–Crippen MR) is 183 cm³/mol. The number of thioether (sulfide) groups is 2. The Balaban J connectivity index is 3.53. The molecule has 4 nitrogen and oxygen atoms in total. The van der Waals surface area contributed by atoms with E-state index in [1.54, 1.807) is 0 Å². The van der Waals surface area contributed by atoms with Crippen molar-refractivity contribution in [1.29, 1.82) is 0 Å². The molecule has 0 unspecified atom stereocenters. The standard InChI is InChI=1S/C35H66O4S2/c1-5-7-9-11-13-15-17-19-21-23-27-40-29-25-33(36)38-31-35(3,4)32-39-34(37)26-30-41-28-24-22-20-18-16-14-12-10-8-6-2/h3-32H2,1-2H3. The summed E-state index contributed by atoms with van der Waals surface area (Å²) in [5.74, 6) is 3.31. The molecule has 0 atom stereocenters. The van der Waals surface area contributed by atoms with E-state index in [2.05, 4.69) is 27.7 Å². The van der Waals surface area contributed by atoms with Gasteiger partial charge in [0.05, 0.1) is 12.8 Å². The number of hydrogen-bond donors (Lipinski definition) is 0. The molecule has 0 amide bonds. The zero-order valence-corrected chi connectivity index (χ0v) is 28.8. The normalized spacial score (nSPS) is 11.6. The van der Waals surface area contributed by atoms with Crippen LogP contribution in [0.4, 0.5) is 0 Å². The summed E-state index contributed by atoms with van der Waals surface area (Å²) in [6.45, 7) is 12.6. The fraction of sp³-hybridized carbons (Fsp3) is 0.886. The van der Waals surface area contributed by atoms with E-state index in [-0.39, 0.29) is 25.2 Å². The molecule has 0 aromatic carbocycles. The van der Waals surface area contributed by atoms with Gasteiger partial charge in [-0.3, -0.25) is 9.59 Å². The molecule has 0 aromatic rings. The first kappa shape index (κ1) is 40.6. The van der Waals surface area contributed by atoms with Crippen molar-refractivity contribution >= 4 is 35.5 Å². The highest BCUT2D eigenvalue weighted by Crippen LogP contribution is 2.18. The third-order valence-electron chi connectivity index (χ3n) is 7.26. The second-order valence-electron chi connectivity index (χ2n) is 11.9. The maximum atomic E-state index is 12.1. The molecule has 0 aliphatic carbocycles. The van der Waals surface area contributed by atoms with E-state index in [4.69, 9.17) is 9.47 Å². The molecule has 0 N–H and O–H groups in total. The summed E-state index contributed by atoms with van der Waals surface area (Å²) in [5, 5.41) is 0. The van der Waals surface area contributed by atoms with Crippen molar-refractivity contribution in [2.75, 3.05) is 36.2 Å². The molecule has 242 valence electrons. The number of rotatable bonds is 32. The van der Waals surface area contributed by atoms with Gasteiger partial charge in [0.25, 0.3) is 0 Å². The van der Waals surface area contributed by atoms with Gasteiger partial charge >= 0.3 is 11.9 Å². The summed E-state index contributed by atoms with van der Waals surface area (Å²) in [6.07, 6.45) is 27.7. The van der Waals surface area contributed by atoms with Crippen LogP contribution in [0, 0.1) is 19.3 Å². The highest BCUT2D eigenvalue weighted by atomic mass is 32.2. The molecule has 0 spiro atoms. The first-order chi connectivity index (χ1) is 19.9. The predicted octanol–water partition coefficient (Wildman–Crippen LogP) is 10.8. The number of unbranched alkanes of at least 4 members (excludes halogenated alkanes) is 18. The lowest BCUT2D eigenvalue weighted by Gasteiger charge is -2.23. The summed E-state index contributed by atoms with van der Waals surface area (Å²) in [7, 11) is 0. The minimum absolute atomic E-state index is 0.0652. The van der Waals surface area contributed by atoms with Crippen LogP contribution in [0.15, 0.2) is 0 Å². The second kappa shape index (κ2) is 31.1. The summed E-state index contributed by atoms with van der Waals surface area (Å²) in [5.41, 5.74) is -0.863. The van der Waals surface area contributed by atoms with E-state index in [1.807, 2.05) is 23.5 Å². The van der Waals surface area contributed by atoms with Gasteiger partial charge in [-0.05, 0) is 38.2 Å². The van der Waals surface area contributed by atoms with Crippen LogP contribution in [0.2, 0.25) is 0 Å². The number of esters is 2. The van der Waals surface area contributed by atoms with Gasteiger partial charge in [0.1, 0.15) is 13.2 Å². The van der Waals surface area contributed by atoms with Gasteiger partial charge in [-0.25, -0.2) is 0 Å². The average molecular weight is 615 g/mol. The van der Waals surface area contributed by atoms with E-state index in [0.29, 0.717) is 12.8 Å². The Morgan fingerprint density at radius 3 is 1.10 bits per heavy atom. The zero-order chi connectivity index (χ0) is 30.3. The zero-order valence-electron chi connectivity index (χ0n) is 27.2. The Kier molecular flexibility index (Phi) is 30.8. The Morgan fingerprint density at radius 2 is 0.780 bits per heavy atom. The molecule has 0 fully saturated rings. The smallest absolute Gasteiger partial charge is 0.306 e. The highest BCUT2D eigenvalue weighted by molar-refractivity contribution is 7.99. The van der Waals surface area contributed by atoms with Crippen molar-refractivity contribution in [1.82, 2.24) is 0 Å². The minimum Gasteiger partial charge on any atom is -0.465 e. The molecule has 2 radical (unpaired) electrons. The van der Waals surface area contributed by atoms with Crippen molar-refractivity contribution in [3.8, 4) is 0 Å². The maximum Gasteiger partial charge on any atom is 0.306 e. The molecule has 0 heterocycles. The monoisotopic (exact) mass is 614 g/mol. The van der Waals surface area contributed by atoms with Crippen LogP contribution in [-0.2, 0) is 19.1 Å². The lowest BCUT2D eigenvalue weighted by molar-refractivity contribution is -0.150. The van der Waals surface area contributed by atoms with Crippen molar-refractivity contribution in [3.05, 3.63) is 13.8 Å². The first-order valence-electron chi connectivity index (χ1n) is 17.1. The van der Waals surface area contributed by atoms with E-state index >= 15 is 0 Å². The second-order valence-corrected chi connectivity index (χ2v) is 14.4. The number of hydrogen-bond acceptors (Lipinski definition) is 6. The van der Waals surface area contributed by atoms with E-state index in [0.717, 1.165) is 23.0 Å². The molecule has 6 heteroatoms. The molecular formula is C35H66O4S2. The minimum atomic E-state index is -0.863. The summed E-state index contributed by atoms with van der Waals surface area (Å²) >= 11 is 3.64. The number of ether oxygens (including phenoxy) is 2. The van der Waals surface area contributed by atoms with E-state index in [1.165, 1.54) is 128 Å². The highest BCUT2D eigenvalue weighted by Gasteiger charge is 2.23. The van der Waals surface area contributed by atoms with Crippen LogP contribution in [0.3, 0.4) is 0 Å². The molecule has 0 aliphatic rings. The van der Waals surface area contributed by atoms with Crippen molar-refractivity contribution in [2.45, 2.75) is 155 Å². The Bertz CT molecular complexity index is 535. The largest absolute Gasteiger partial charge is 0.465 e. The third kappa shape index (κ3) is 32.4. The van der Waals surface area contributed by atoms with Gasteiger partial charge in [-0.1, -0.05) is 129 Å². The summed E-state index contributed by atoms with van der Waals surface area (Å²) in [6, 6.07) is 0. The lowest BCUT2D eigenvalue weighted by atomic mass is 9.96. The molecule has 41 heavy (non-hydrogen) atoms. The van der Waals surface area contributed by atoms with Crippen LogP contribution in [0.5, 0.6) is 0 Å². The molecular weight excluding hydrogens is 549 g/mol. The molecule has 0 aliphatic heterocycles. The van der Waals surface area contributed by atoms with Crippen molar-refractivity contribution < 1.29 is 19.1 Å². The van der Waals surface area contributed by atoms with Gasteiger partial charge in [-0.2, -0.15) is 23.5 Å².